The maximum Gasteiger partial charge on any atom is 0.317 e. The van der Waals surface area contributed by atoms with Gasteiger partial charge in [0.15, 0.2) is 0 Å². The van der Waals surface area contributed by atoms with Crippen molar-refractivity contribution in [3.63, 3.8) is 0 Å². The summed E-state index contributed by atoms with van der Waals surface area (Å²) in [5.41, 5.74) is 0. The number of carboxylic acid groups (broad SMARTS) is 1. The van der Waals surface area contributed by atoms with Gasteiger partial charge in [0.05, 0.1) is 5.92 Å². The first-order valence-corrected chi connectivity index (χ1v) is 7.65. The Balaban J connectivity index is 1.88. The molecule has 4 unspecified atom stereocenters. The summed E-state index contributed by atoms with van der Waals surface area (Å²) in [4.78, 5) is 25.0. The molecule has 2 fully saturated rings. The van der Waals surface area contributed by atoms with E-state index in [0.29, 0.717) is 24.9 Å². The van der Waals surface area contributed by atoms with E-state index in [1.165, 1.54) is 6.42 Å². The number of carbonyl (C=O) groups is 2. The molecule has 0 radical (unpaired) electrons. The van der Waals surface area contributed by atoms with Crippen molar-refractivity contribution in [1.29, 1.82) is 0 Å². The van der Waals surface area contributed by atoms with Crippen molar-refractivity contribution in [1.82, 2.24) is 10.2 Å². The van der Waals surface area contributed by atoms with Crippen LogP contribution in [0.5, 0.6) is 0 Å². The number of hydrogen-bond donors (Lipinski definition) is 2. The number of rotatable bonds is 2. The van der Waals surface area contributed by atoms with Gasteiger partial charge in [0, 0.05) is 19.1 Å². The van der Waals surface area contributed by atoms with E-state index < -0.39 is 11.9 Å². The Labute approximate surface area is 120 Å². The van der Waals surface area contributed by atoms with Crippen LogP contribution < -0.4 is 5.32 Å². The molecule has 114 valence electrons. The standard InChI is InChI=1S/C15H26N2O3/c1-9-4-10(2)6-12(5-9)16-15(20)17-7-11(3)13(8-17)14(18)19/h9-13H,4-8H2,1-3H3,(H,16,20)(H,18,19). The molecule has 2 N–H and O–H groups in total. The summed E-state index contributed by atoms with van der Waals surface area (Å²) < 4.78 is 0. The summed E-state index contributed by atoms with van der Waals surface area (Å²) in [6.07, 6.45) is 3.29. The number of hydrogen-bond acceptors (Lipinski definition) is 2. The molecule has 20 heavy (non-hydrogen) atoms. The SMILES string of the molecule is CC1CC(C)CC(NC(=O)N2CC(C)C(C(=O)O)C2)C1. The maximum absolute atomic E-state index is 12.3. The molecule has 0 aromatic heterocycles. The minimum Gasteiger partial charge on any atom is -0.481 e. The highest BCUT2D eigenvalue weighted by molar-refractivity contribution is 5.77. The first-order valence-electron chi connectivity index (χ1n) is 7.65. The topological polar surface area (TPSA) is 69.6 Å². The molecule has 1 aliphatic carbocycles. The number of nitrogens with one attached hydrogen (secondary N) is 1. The summed E-state index contributed by atoms with van der Waals surface area (Å²) in [5.74, 6) is 0.0988. The lowest BCUT2D eigenvalue weighted by atomic mass is 9.80. The molecule has 0 bridgehead atoms. The second kappa shape index (κ2) is 6.02. The number of carboxylic acids is 1. The largest absolute Gasteiger partial charge is 0.481 e. The zero-order valence-corrected chi connectivity index (χ0v) is 12.6. The fourth-order valence-electron chi connectivity index (χ4n) is 3.78. The molecule has 0 aromatic rings. The molecule has 1 saturated heterocycles. The normalized spacial score (nSPS) is 37.8. The van der Waals surface area contributed by atoms with Crippen molar-refractivity contribution >= 4 is 12.0 Å². The fraction of sp³-hybridized carbons (Fsp3) is 0.867. The van der Waals surface area contributed by atoms with Gasteiger partial charge in [-0.15, -0.1) is 0 Å². The lowest BCUT2D eigenvalue weighted by molar-refractivity contribution is -0.142. The summed E-state index contributed by atoms with van der Waals surface area (Å²) in [6, 6.07) is 0.146. The second-order valence-corrected chi connectivity index (χ2v) is 6.89. The van der Waals surface area contributed by atoms with Crippen molar-refractivity contribution < 1.29 is 14.7 Å². The van der Waals surface area contributed by atoms with Crippen LogP contribution in [0.4, 0.5) is 4.79 Å². The van der Waals surface area contributed by atoms with Crippen LogP contribution in [0.1, 0.15) is 40.0 Å². The van der Waals surface area contributed by atoms with Gasteiger partial charge in [-0.3, -0.25) is 4.79 Å². The number of amides is 2. The smallest absolute Gasteiger partial charge is 0.317 e. The molecule has 0 spiro atoms. The van der Waals surface area contributed by atoms with Crippen molar-refractivity contribution in [2.45, 2.75) is 46.1 Å². The average Bonchev–Trinajstić information content (AvgIpc) is 2.70. The molecule has 1 heterocycles. The van der Waals surface area contributed by atoms with Crippen LogP contribution in [-0.2, 0) is 4.79 Å². The third-order valence-electron chi connectivity index (χ3n) is 4.72. The van der Waals surface area contributed by atoms with Gasteiger partial charge >= 0.3 is 12.0 Å². The Kier molecular flexibility index (Phi) is 4.55. The van der Waals surface area contributed by atoms with Crippen LogP contribution in [0.2, 0.25) is 0 Å². The number of nitrogens with zero attached hydrogens (tertiary/aromatic N) is 1. The highest BCUT2D eigenvalue weighted by Gasteiger charge is 2.37. The molecule has 1 saturated carbocycles. The Hall–Kier alpha value is -1.26. The summed E-state index contributed by atoms with van der Waals surface area (Å²) in [5, 5.41) is 12.2. The Morgan fingerprint density at radius 2 is 1.65 bits per heavy atom. The lowest BCUT2D eigenvalue weighted by Gasteiger charge is -2.33. The van der Waals surface area contributed by atoms with Crippen LogP contribution in [-0.4, -0.2) is 41.1 Å². The van der Waals surface area contributed by atoms with Crippen molar-refractivity contribution in [3.05, 3.63) is 0 Å². The third kappa shape index (κ3) is 3.44. The van der Waals surface area contributed by atoms with Gasteiger partial charge in [0.2, 0.25) is 0 Å². The third-order valence-corrected chi connectivity index (χ3v) is 4.72. The minimum atomic E-state index is -0.798. The molecule has 5 heteroatoms. The first kappa shape index (κ1) is 15.1. The minimum absolute atomic E-state index is 0.0300. The summed E-state index contributed by atoms with van der Waals surface area (Å²) >= 11 is 0. The molecular weight excluding hydrogens is 256 g/mol. The fourth-order valence-corrected chi connectivity index (χ4v) is 3.78. The van der Waals surface area contributed by atoms with Gasteiger partial charge in [0.25, 0.3) is 0 Å². The predicted molar refractivity (Wildman–Crippen MR) is 76.4 cm³/mol. The second-order valence-electron chi connectivity index (χ2n) is 6.89. The maximum atomic E-state index is 12.3. The first-order chi connectivity index (χ1) is 9.36. The van der Waals surface area contributed by atoms with E-state index >= 15 is 0 Å². The van der Waals surface area contributed by atoms with Crippen molar-refractivity contribution in [2.24, 2.45) is 23.7 Å². The molecule has 4 atom stereocenters. The molecular formula is C15H26N2O3. The lowest BCUT2D eigenvalue weighted by Crippen LogP contribution is -2.46. The number of carbonyl (C=O) groups excluding carboxylic acids is 1. The van der Waals surface area contributed by atoms with Gasteiger partial charge in [-0.2, -0.15) is 0 Å². The molecule has 2 aliphatic rings. The quantitative estimate of drug-likeness (QED) is 0.815. The highest BCUT2D eigenvalue weighted by Crippen LogP contribution is 2.29. The van der Waals surface area contributed by atoms with Gasteiger partial charge in [0.1, 0.15) is 0 Å². The zero-order chi connectivity index (χ0) is 14.9. The van der Waals surface area contributed by atoms with E-state index in [2.05, 4.69) is 19.2 Å². The Morgan fingerprint density at radius 3 is 2.15 bits per heavy atom. The number of aliphatic carboxylic acids is 1. The van der Waals surface area contributed by atoms with Gasteiger partial charge < -0.3 is 15.3 Å². The van der Waals surface area contributed by atoms with Crippen molar-refractivity contribution in [3.8, 4) is 0 Å². The van der Waals surface area contributed by atoms with Crippen LogP contribution >= 0.6 is 0 Å². The Bertz CT molecular complexity index is 375. The molecule has 5 nitrogen and oxygen atoms in total. The number of urea groups is 1. The molecule has 2 rings (SSSR count). The average molecular weight is 282 g/mol. The van der Waals surface area contributed by atoms with E-state index in [-0.39, 0.29) is 18.0 Å². The van der Waals surface area contributed by atoms with Gasteiger partial charge in [-0.05, 0) is 37.0 Å². The van der Waals surface area contributed by atoms with Crippen LogP contribution in [0.25, 0.3) is 0 Å². The number of likely N-dealkylation sites (tertiary alicyclic amines) is 1. The molecule has 1 aliphatic heterocycles. The van der Waals surface area contributed by atoms with Crippen LogP contribution in [0.3, 0.4) is 0 Å². The highest BCUT2D eigenvalue weighted by atomic mass is 16.4. The molecule has 0 aromatic carbocycles. The van der Waals surface area contributed by atoms with E-state index in [0.717, 1.165) is 12.8 Å². The monoisotopic (exact) mass is 282 g/mol. The van der Waals surface area contributed by atoms with E-state index in [4.69, 9.17) is 5.11 Å². The van der Waals surface area contributed by atoms with Gasteiger partial charge in [-0.1, -0.05) is 20.8 Å². The van der Waals surface area contributed by atoms with E-state index in [1.54, 1.807) is 4.90 Å². The summed E-state index contributed by atoms with van der Waals surface area (Å²) in [7, 11) is 0. The van der Waals surface area contributed by atoms with E-state index in [1.807, 2.05) is 6.92 Å². The Morgan fingerprint density at radius 1 is 1.05 bits per heavy atom. The van der Waals surface area contributed by atoms with E-state index in [9.17, 15) is 9.59 Å². The van der Waals surface area contributed by atoms with Crippen LogP contribution in [0.15, 0.2) is 0 Å². The van der Waals surface area contributed by atoms with Crippen LogP contribution in [0, 0.1) is 23.7 Å². The van der Waals surface area contributed by atoms with Crippen molar-refractivity contribution in [2.75, 3.05) is 13.1 Å². The summed E-state index contributed by atoms with van der Waals surface area (Å²) in [6.45, 7) is 7.23. The predicted octanol–water partition coefficient (Wildman–Crippen LogP) is 2.17. The zero-order valence-electron chi connectivity index (χ0n) is 12.6. The van der Waals surface area contributed by atoms with Gasteiger partial charge in [-0.25, -0.2) is 4.79 Å². The molecule has 2 amide bonds.